The van der Waals surface area contributed by atoms with Gasteiger partial charge in [0.2, 0.25) is 0 Å². The number of aliphatic hydroxyl groups excluding tert-OH is 1. The molecule has 0 radical (unpaired) electrons. The molecule has 4 aromatic rings. The third kappa shape index (κ3) is 5.09. The molecule has 0 unspecified atom stereocenters. The molecule has 3 aromatic carbocycles. The maximum atomic E-state index is 13.7. The summed E-state index contributed by atoms with van der Waals surface area (Å²) in [5.41, 5.74) is 2.76. The SMILES string of the molecule is CCCCCOc1ccc([C@@H]2C(=C(O)c3ccc4c(c3)C[C@H](C)O4)C(=O)C(=O)N2c2nc3ccc(OC)cc3s2)cc1. The molecule has 0 aliphatic carbocycles. The molecule has 216 valence electrons. The molecule has 0 saturated carbocycles. The molecule has 1 aromatic heterocycles. The Labute approximate surface area is 248 Å². The number of aromatic nitrogens is 1. The lowest BCUT2D eigenvalue weighted by Gasteiger charge is -2.23. The molecule has 1 fully saturated rings. The molecule has 9 heteroatoms. The minimum atomic E-state index is -0.884. The van der Waals surface area contributed by atoms with Gasteiger partial charge in [-0.25, -0.2) is 4.98 Å². The van der Waals surface area contributed by atoms with Gasteiger partial charge in [-0.15, -0.1) is 0 Å². The Hall–Kier alpha value is -4.37. The zero-order valence-electron chi connectivity index (χ0n) is 23.8. The first kappa shape index (κ1) is 27.8. The predicted octanol–water partition coefficient (Wildman–Crippen LogP) is 6.82. The van der Waals surface area contributed by atoms with Crippen molar-refractivity contribution in [3.8, 4) is 17.2 Å². The van der Waals surface area contributed by atoms with Crippen molar-refractivity contribution < 1.29 is 28.9 Å². The third-order valence-corrected chi connectivity index (χ3v) is 8.63. The molecule has 0 bridgehead atoms. The van der Waals surface area contributed by atoms with E-state index in [4.69, 9.17) is 19.2 Å². The number of anilines is 1. The summed E-state index contributed by atoms with van der Waals surface area (Å²) in [6.07, 6.45) is 3.89. The van der Waals surface area contributed by atoms with Crippen LogP contribution < -0.4 is 19.1 Å². The number of unbranched alkanes of at least 4 members (excludes halogenated alkanes) is 2. The second-order valence-electron chi connectivity index (χ2n) is 10.6. The van der Waals surface area contributed by atoms with Gasteiger partial charge in [0.15, 0.2) is 5.13 Å². The molecule has 2 atom stereocenters. The van der Waals surface area contributed by atoms with Gasteiger partial charge >= 0.3 is 5.91 Å². The van der Waals surface area contributed by atoms with Crippen LogP contribution in [0.1, 0.15) is 55.8 Å². The van der Waals surface area contributed by atoms with Gasteiger partial charge < -0.3 is 19.3 Å². The van der Waals surface area contributed by atoms with Gasteiger partial charge in [-0.1, -0.05) is 43.2 Å². The van der Waals surface area contributed by atoms with E-state index < -0.39 is 17.7 Å². The van der Waals surface area contributed by atoms with E-state index in [1.165, 1.54) is 16.2 Å². The number of benzene rings is 3. The van der Waals surface area contributed by atoms with Gasteiger partial charge in [0.25, 0.3) is 5.78 Å². The molecule has 42 heavy (non-hydrogen) atoms. The number of ketones is 1. The number of methoxy groups -OCH3 is 1. The summed E-state index contributed by atoms with van der Waals surface area (Å²) in [4.78, 5) is 33.4. The smallest absolute Gasteiger partial charge is 0.301 e. The van der Waals surface area contributed by atoms with Crippen molar-refractivity contribution in [3.05, 3.63) is 82.9 Å². The Morgan fingerprint density at radius 3 is 2.62 bits per heavy atom. The van der Waals surface area contributed by atoms with Gasteiger partial charge in [0.05, 0.1) is 35.5 Å². The van der Waals surface area contributed by atoms with Crippen molar-refractivity contribution >= 4 is 44.1 Å². The number of aliphatic hydroxyl groups is 1. The number of rotatable bonds is 9. The van der Waals surface area contributed by atoms with E-state index in [1.54, 1.807) is 25.3 Å². The fourth-order valence-electron chi connectivity index (χ4n) is 5.48. The van der Waals surface area contributed by atoms with Crippen LogP contribution in [0.3, 0.4) is 0 Å². The third-order valence-electron chi connectivity index (χ3n) is 7.62. The maximum absolute atomic E-state index is 13.7. The van der Waals surface area contributed by atoms with Crippen molar-refractivity contribution in [1.29, 1.82) is 0 Å². The van der Waals surface area contributed by atoms with Crippen LogP contribution in [-0.2, 0) is 16.0 Å². The van der Waals surface area contributed by atoms with Crippen molar-refractivity contribution in [1.82, 2.24) is 4.98 Å². The number of amides is 1. The number of hydrogen-bond donors (Lipinski definition) is 1. The summed E-state index contributed by atoms with van der Waals surface area (Å²) in [5.74, 6) is 0.388. The van der Waals surface area contributed by atoms with Crippen LogP contribution >= 0.6 is 11.3 Å². The molecule has 2 aliphatic heterocycles. The van der Waals surface area contributed by atoms with E-state index in [9.17, 15) is 14.7 Å². The van der Waals surface area contributed by atoms with Crippen molar-refractivity contribution in [2.45, 2.75) is 51.7 Å². The van der Waals surface area contributed by atoms with Crippen molar-refractivity contribution in [2.75, 3.05) is 18.6 Å². The largest absolute Gasteiger partial charge is 0.507 e. The lowest BCUT2D eigenvalue weighted by Crippen LogP contribution is -2.29. The normalized spacial score (nSPS) is 19.3. The van der Waals surface area contributed by atoms with Crippen LogP contribution in [-0.4, -0.2) is 41.6 Å². The molecule has 0 spiro atoms. The number of carbonyl (C=O) groups is 2. The van der Waals surface area contributed by atoms with Gasteiger partial charge in [-0.3, -0.25) is 14.5 Å². The summed E-state index contributed by atoms with van der Waals surface area (Å²) in [6.45, 7) is 4.74. The lowest BCUT2D eigenvalue weighted by atomic mass is 9.94. The lowest BCUT2D eigenvalue weighted by molar-refractivity contribution is -0.132. The van der Waals surface area contributed by atoms with Crippen LogP contribution in [0.2, 0.25) is 0 Å². The first-order chi connectivity index (χ1) is 20.4. The number of hydrogen-bond acceptors (Lipinski definition) is 8. The average Bonchev–Trinajstić information content (AvgIpc) is 3.66. The summed E-state index contributed by atoms with van der Waals surface area (Å²) < 4.78 is 17.9. The highest BCUT2D eigenvalue weighted by atomic mass is 32.1. The molecule has 3 heterocycles. The number of Topliss-reactive ketones (excluding diaryl/α,β-unsaturated/α-hetero) is 1. The topological polar surface area (TPSA) is 98.2 Å². The fraction of sp³-hybridized carbons (Fsp3) is 0.303. The fourth-order valence-corrected chi connectivity index (χ4v) is 6.50. The Balaban J connectivity index is 1.44. The van der Waals surface area contributed by atoms with Gasteiger partial charge in [0.1, 0.15) is 29.1 Å². The summed E-state index contributed by atoms with van der Waals surface area (Å²) >= 11 is 1.29. The first-order valence-corrected chi connectivity index (χ1v) is 15.0. The highest BCUT2D eigenvalue weighted by molar-refractivity contribution is 7.22. The zero-order chi connectivity index (χ0) is 29.4. The molecule has 2 aliphatic rings. The maximum Gasteiger partial charge on any atom is 0.301 e. The number of ether oxygens (including phenoxy) is 3. The molecule has 6 rings (SSSR count). The van der Waals surface area contributed by atoms with Crippen LogP contribution in [0.25, 0.3) is 16.0 Å². The molecular weight excluding hydrogens is 552 g/mol. The van der Waals surface area contributed by atoms with Crippen LogP contribution in [0, 0.1) is 0 Å². The predicted molar refractivity (Wildman–Crippen MR) is 163 cm³/mol. The highest BCUT2D eigenvalue weighted by Crippen LogP contribution is 2.45. The summed E-state index contributed by atoms with van der Waals surface area (Å²) in [5, 5.41) is 12.0. The summed E-state index contributed by atoms with van der Waals surface area (Å²) in [7, 11) is 1.59. The van der Waals surface area contributed by atoms with E-state index in [0.717, 1.165) is 35.3 Å². The number of carbonyl (C=O) groups excluding carboxylic acids is 2. The summed E-state index contributed by atoms with van der Waals surface area (Å²) in [6, 6.07) is 17.3. The Morgan fingerprint density at radius 2 is 1.86 bits per heavy atom. The second-order valence-corrected chi connectivity index (χ2v) is 11.6. The van der Waals surface area contributed by atoms with E-state index in [0.29, 0.717) is 46.3 Å². The molecule has 1 saturated heterocycles. The average molecular weight is 585 g/mol. The quantitative estimate of drug-likeness (QED) is 0.0997. The van der Waals surface area contributed by atoms with Gasteiger partial charge in [-0.2, -0.15) is 0 Å². The Morgan fingerprint density at radius 1 is 1.07 bits per heavy atom. The van der Waals surface area contributed by atoms with E-state index >= 15 is 0 Å². The van der Waals surface area contributed by atoms with Gasteiger partial charge in [-0.05, 0) is 73.0 Å². The van der Waals surface area contributed by atoms with Crippen molar-refractivity contribution in [2.24, 2.45) is 0 Å². The van der Waals surface area contributed by atoms with E-state index in [-0.39, 0.29) is 17.4 Å². The van der Waals surface area contributed by atoms with Gasteiger partial charge in [0, 0.05) is 12.0 Å². The number of fused-ring (bicyclic) bond motifs is 2. The minimum absolute atomic E-state index is 0.0142. The number of thiazole rings is 1. The Kier molecular flexibility index (Phi) is 7.60. The molecule has 8 nitrogen and oxygen atoms in total. The molecular formula is C33H32N2O6S. The van der Waals surface area contributed by atoms with Crippen LogP contribution in [0.15, 0.2) is 66.2 Å². The monoisotopic (exact) mass is 584 g/mol. The number of nitrogens with zero attached hydrogens (tertiary/aromatic N) is 2. The van der Waals surface area contributed by atoms with Crippen LogP contribution in [0.5, 0.6) is 17.2 Å². The Bertz CT molecular complexity index is 1690. The van der Waals surface area contributed by atoms with E-state index in [1.807, 2.05) is 49.4 Å². The molecule has 1 N–H and O–H groups in total. The zero-order valence-corrected chi connectivity index (χ0v) is 24.6. The van der Waals surface area contributed by atoms with Crippen LogP contribution in [0.4, 0.5) is 5.13 Å². The molecule has 1 amide bonds. The highest BCUT2D eigenvalue weighted by Gasteiger charge is 2.48. The first-order valence-electron chi connectivity index (χ1n) is 14.2. The second kappa shape index (κ2) is 11.5. The van der Waals surface area contributed by atoms with Crippen molar-refractivity contribution in [3.63, 3.8) is 0 Å². The standard InChI is InChI=1S/C33H32N2O6S/c1-4-5-6-15-40-23-10-7-20(8-11-23)29-28(30(36)21-9-14-26-22(17-21)16-19(2)41-26)31(37)32(38)35(29)33-34-25-13-12-24(39-3)18-27(25)42-33/h7-14,17-19,29,36H,4-6,15-16H2,1-3H3/t19-,29+/m0/s1. The minimum Gasteiger partial charge on any atom is -0.507 e. The van der Waals surface area contributed by atoms with E-state index in [2.05, 4.69) is 6.92 Å².